The zero-order valence-corrected chi connectivity index (χ0v) is 15.5. The molecule has 1 N–H and O–H groups in total. The van der Waals surface area contributed by atoms with E-state index in [1.165, 1.54) is 0 Å². The molecule has 0 spiro atoms. The molecule has 1 aromatic heterocycles. The summed E-state index contributed by atoms with van der Waals surface area (Å²) < 4.78 is 0. The van der Waals surface area contributed by atoms with E-state index < -0.39 is 0 Å². The molecular weight excluding hydrogens is 340 g/mol. The Morgan fingerprint density at radius 3 is 2.37 bits per heavy atom. The first kappa shape index (κ1) is 17.7. The normalized spacial score (nSPS) is 17.6. The number of likely N-dealkylation sites (N-methyl/N-ethyl adjacent to an activating group) is 1. The van der Waals surface area contributed by atoms with Gasteiger partial charge >= 0.3 is 0 Å². The lowest BCUT2D eigenvalue weighted by atomic mass is 10.1. The molecule has 27 heavy (non-hydrogen) atoms. The van der Waals surface area contributed by atoms with Crippen molar-refractivity contribution in [3.63, 3.8) is 0 Å². The topological polar surface area (TPSA) is 65.5 Å². The summed E-state index contributed by atoms with van der Waals surface area (Å²) >= 11 is 0. The first-order chi connectivity index (χ1) is 13.1. The summed E-state index contributed by atoms with van der Waals surface area (Å²) in [6, 6.07) is 13.2. The Kier molecular flexibility index (Phi) is 4.90. The monoisotopic (exact) mass is 364 g/mol. The maximum absolute atomic E-state index is 12.6. The lowest BCUT2D eigenvalue weighted by Crippen LogP contribution is -2.47. The van der Waals surface area contributed by atoms with Crippen molar-refractivity contribution in [1.82, 2.24) is 20.1 Å². The van der Waals surface area contributed by atoms with E-state index in [-0.39, 0.29) is 11.8 Å². The van der Waals surface area contributed by atoms with Gasteiger partial charge in [0.15, 0.2) is 0 Å². The molecule has 0 radical (unpaired) electrons. The highest BCUT2D eigenvalue weighted by molar-refractivity contribution is 5.95. The van der Waals surface area contributed by atoms with Crippen LogP contribution in [0.2, 0.25) is 0 Å². The van der Waals surface area contributed by atoms with Gasteiger partial charge in [0.05, 0.1) is 5.69 Å². The van der Waals surface area contributed by atoms with E-state index in [1.54, 1.807) is 6.07 Å². The van der Waals surface area contributed by atoms with Crippen molar-refractivity contribution < 1.29 is 9.59 Å². The van der Waals surface area contributed by atoms with Crippen molar-refractivity contribution in [2.24, 2.45) is 0 Å². The second-order valence-corrected chi connectivity index (χ2v) is 7.33. The molecule has 140 valence electrons. The molecular formula is C21H24N4O2. The van der Waals surface area contributed by atoms with E-state index >= 15 is 0 Å². The molecule has 0 atom stereocenters. The zero-order valence-electron chi connectivity index (χ0n) is 15.5. The molecule has 2 heterocycles. The number of carbonyl (C=O) groups is 2. The first-order valence-corrected chi connectivity index (χ1v) is 9.46. The minimum atomic E-state index is -0.124. The molecule has 0 unspecified atom stereocenters. The first-order valence-electron chi connectivity index (χ1n) is 9.46. The maximum Gasteiger partial charge on any atom is 0.270 e. The van der Waals surface area contributed by atoms with Crippen LogP contribution in [0.4, 0.5) is 0 Å². The molecule has 2 aromatic rings. The average molecular weight is 364 g/mol. The number of carbonyl (C=O) groups excluding carboxylic acids is 2. The summed E-state index contributed by atoms with van der Waals surface area (Å²) in [6.45, 7) is 3.33. The van der Waals surface area contributed by atoms with Gasteiger partial charge in [0, 0.05) is 43.3 Å². The van der Waals surface area contributed by atoms with E-state index in [2.05, 4.69) is 22.2 Å². The molecule has 4 rings (SSSR count). The number of amides is 2. The molecule has 1 aliphatic carbocycles. The average Bonchev–Trinajstić information content (AvgIpc) is 3.52. The van der Waals surface area contributed by atoms with Gasteiger partial charge in [0.1, 0.15) is 5.69 Å². The highest BCUT2D eigenvalue weighted by Gasteiger charge is 2.24. The largest absolute Gasteiger partial charge is 0.348 e. The van der Waals surface area contributed by atoms with E-state index in [0.29, 0.717) is 17.3 Å². The van der Waals surface area contributed by atoms with E-state index in [4.69, 9.17) is 0 Å². The number of nitrogens with one attached hydrogen (secondary N) is 1. The minimum Gasteiger partial charge on any atom is -0.348 e. The molecule has 6 nitrogen and oxygen atoms in total. The number of pyridine rings is 1. The Morgan fingerprint density at radius 2 is 1.70 bits per heavy atom. The Labute approximate surface area is 159 Å². The molecule has 2 amide bonds. The van der Waals surface area contributed by atoms with Gasteiger partial charge in [-0.05, 0) is 44.2 Å². The predicted molar refractivity (Wildman–Crippen MR) is 104 cm³/mol. The summed E-state index contributed by atoms with van der Waals surface area (Å²) in [4.78, 5) is 33.4. The maximum atomic E-state index is 12.6. The molecule has 0 bridgehead atoms. The summed E-state index contributed by atoms with van der Waals surface area (Å²) in [5, 5.41) is 2.96. The number of nitrogens with zero attached hydrogens (tertiary/aromatic N) is 3. The van der Waals surface area contributed by atoms with Gasteiger partial charge in [-0.1, -0.05) is 18.2 Å². The number of aromatic nitrogens is 1. The second-order valence-electron chi connectivity index (χ2n) is 7.33. The molecule has 6 heteroatoms. The summed E-state index contributed by atoms with van der Waals surface area (Å²) in [6.07, 6.45) is 2.10. The van der Waals surface area contributed by atoms with Crippen LogP contribution in [0.5, 0.6) is 0 Å². The van der Waals surface area contributed by atoms with Crippen molar-refractivity contribution >= 4 is 11.8 Å². The van der Waals surface area contributed by atoms with Crippen molar-refractivity contribution in [2.45, 2.75) is 18.9 Å². The van der Waals surface area contributed by atoms with Crippen molar-refractivity contribution in [3.8, 4) is 11.3 Å². The molecule has 1 aromatic carbocycles. The molecule has 2 aliphatic rings. The van der Waals surface area contributed by atoms with Crippen LogP contribution < -0.4 is 5.32 Å². The highest BCUT2D eigenvalue weighted by Crippen LogP contribution is 2.21. The van der Waals surface area contributed by atoms with Crippen LogP contribution in [0.1, 0.15) is 33.7 Å². The Hall–Kier alpha value is -2.73. The van der Waals surface area contributed by atoms with Crippen molar-refractivity contribution in [1.29, 1.82) is 0 Å². The van der Waals surface area contributed by atoms with Gasteiger partial charge in [-0.2, -0.15) is 0 Å². The van der Waals surface area contributed by atoms with Crippen LogP contribution in [-0.2, 0) is 0 Å². The van der Waals surface area contributed by atoms with Crippen LogP contribution >= 0.6 is 0 Å². The van der Waals surface area contributed by atoms with E-state index in [0.717, 1.165) is 50.3 Å². The molecule has 2 fully saturated rings. The van der Waals surface area contributed by atoms with Crippen LogP contribution in [0.25, 0.3) is 11.3 Å². The lowest BCUT2D eigenvalue weighted by molar-refractivity contribution is 0.0664. The third kappa shape index (κ3) is 4.17. The number of hydrogen-bond donors (Lipinski definition) is 1. The Bertz CT molecular complexity index is 838. The minimum absolute atomic E-state index is 0.0696. The number of hydrogen-bond acceptors (Lipinski definition) is 4. The van der Waals surface area contributed by atoms with E-state index in [1.807, 2.05) is 41.3 Å². The fourth-order valence-corrected chi connectivity index (χ4v) is 3.18. The fraction of sp³-hybridized carbons (Fsp3) is 0.381. The number of rotatable bonds is 4. The van der Waals surface area contributed by atoms with Gasteiger partial charge in [-0.25, -0.2) is 4.98 Å². The van der Waals surface area contributed by atoms with Gasteiger partial charge < -0.3 is 15.1 Å². The van der Waals surface area contributed by atoms with Crippen LogP contribution in [0, 0.1) is 0 Å². The Morgan fingerprint density at radius 1 is 1.00 bits per heavy atom. The SMILES string of the molecule is CN1CCN(C(=O)c2ccc(-c3cccc(C(=O)NC4CC4)n3)cc2)CC1. The van der Waals surface area contributed by atoms with Gasteiger partial charge in [-0.15, -0.1) is 0 Å². The molecule has 1 saturated heterocycles. The highest BCUT2D eigenvalue weighted by atomic mass is 16.2. The summed E-state index contributed by atoms with van der Waals surface area (Å²) in [7, 11) is 2.07. The van der Waals surface area contributed by atoms with Crippen LogP contribution in [0.15, 0.2) is 42.5 Å². The molecule has 1 aliphatic heterocycles. The number of benzene rings is 1. The predicted octanol–water partition coefficient (Wildman–Crippen LogP) is 2.03. The van der Waals surface area contributed by atoms with Gasteiger partial charge in [0.25, 0.3) is 11.8 Å². The quantitative estimate of drug-likeness (QED) is 0.902. The second kappa shape index (κ2) is 7.48. The summed E-state index contributed by atoms with van der Waals surface area (Å²) in [5.74, 6) is -0.0543. The fourth-order valence-electron chi connectivity index (χ4n) is 3.18. The molecule has 1 saturated carbocycles. The third-order valence-corrected chi connectivity index (χ3v) is 5.11. The lowest BCUT2D eigenvalue weighted by Gasteiger charge is -2.32. The standard InChI is InChI=1S/C21H24N4O2/c1-24-11-13-25(14-12-24)21(27)16-7-5-15(6-8-16)18-3-2-4-19(23-18)20(26)22-17-9-10-17/h2-8,17H,9-14H2,1H3,(H,22,26). The van der Waals surface area contributed by atoms with Crippen LogP contribution in [-0.4, -0.2) is 65.9 Å². The smallest absolute Gasteiger partial charge is 0.270 e. The number of piperazine rings is 1. The summed E-state index contributed by atoms with van der Waals surface area (Å²) in [5.41, 5.74) is 2.74. The van der Waals surface area contributed by atoms with Crippen LogP contribution in [0.3, 0.4) is 0 Å². The van der Waals surface area contributed by atoms with E-state index in [9.17, 15) is 9.59 Å². The van der Waals surface area contributed by atoms with Gasteiger partial charge in [-0.3, -0.25) is 9.59 Å². The zero-order chi connectivity index (χ0) is 18.8. The van der Waals surface area contributed by atoms with Crippen molar-refractivity contribution in [3.05, 3.63) is 53.7 Å². The van der Waals surface area contributed by atoms with Gasteiger partial charge in [0.2, 0.25) is 0 Å². The third-order valence-electron chi connectivity index (χ3n) is 5.11. The Balaban J connectivity index is 1.47. The van der Waals surface area contributed by atoms with Crippen molar-refractivity contribution in [2.75, 3.05) is 33.2 Å².